The van der Waals surface area contributed by atoms with Crippen LogP contribution in [0.4, 0.5) is 8.78 Å². The molecule has 2 aromatic carbocycles. The maximum absolute atomic E-state index is 12.5. The van der Waals surface area contributed by atoms with Crippen molar-refractivity contribution >= 4 is 34.9 Å². The maximum atomic E-state index is 12.5. The normalized spacial score (nSPS) is 10.8. The lowest BCUT2D eigenvalue weighted by molar-refractivity contribution is -0.0498. The number of aromatic nitrogens is 1. The molecule has 9 heteroatoms. The minimum absolute atomic E-state index is 0.0557. The van der Waals surface area contributed by atoms with E-state index in [4.69, 9.17) is 4.74 Å². The van der Waals surface area contributed by atoms with Crippen molar-refractivity contribution in [3.63, 3.8) is 0 Å². The summed E-state index contributed by atoms with van der Waals surface area (Å²) in [6.45, 7) is -1.47. The van der Waals surface area contributed by atoms with Crippen LogP contribution in [0.3, 0.4) is 0 Å². The molecule has 0 fully saturated rings. The number of aryl methyl sites for hydroxylation is 1. The van der Waals surface area contributed by atoms with E-state index in [1.165, 1.54) is 36.0 Å². The third-order valence-electron chi connectivity index (χ3n) is 3.88. The molecule has 0 radical (unpaired) electrons. The van der Waals surface area contributed by atoms with Crippen molar-refractivity contribution in [2.45, 2.75) is 24.2 Å². The summed E-state index contributed by atoms with van der Waals surface area (Å²) in [4.78, 5) is 29.9. The van der Waals surface area contributed by atoms with Crippen LogP contribution in [0.25, 0.3) is 0 Å². The quantitative estimate of drug-likeness (QED) is 0.248. The van der Waals surface area contributed by atoms with E-state index in [2.05, 4.69) is 9.72 Å². The summed E-state index contributed by atoms with van der Waals surface area (Å²) < 4.78 is 33.8. The molecule has 0 unspecified atom stereocenters. The van der Waals surface area contributed by atoms with Gasteiger partial charge in [-0.2, -0.15) is 8.78 Å². The number of thioether (sulfide) groups is 1. The number of thiazole rings is 1. The Morgan fingerprint density at radius 3 is 2.53 bits per heavy atom. The SMILES string of the molecule is Cc1nc(CSc2ccccc2C(=O)OCC(=O)c2ccc(OC(F)F)cc2)cs1. The zero-order chi connectivity index (χ0) is 21.5. The van der Waals surface area contributed by atoms with Crippen LogP contribution in [0, 0.1) is 6.92 Å². The van der Waals surface area contributed by atoms with E-state index < -0.39 is 25.0 Å². The highest BCUT2D eigenvalue weighted by Crippen LogP contribution is 2.27. The van der Waals surface area contributed by atoms with Gasteiger partial charge in [0.2, 0.25) is 0 Å². The van der Waals surface area contributed by atoms with Gasteiger partial charge >= 0.3 is 12.6 Å². The Labute approximate surface area is 180 Å². The molecule has 3 rings (SSSR count). The molecule has 0 amide bonds. The van der Waals surface area contributed by atoms with E-state index in [0.29, 0.717) is 11.3 Å². The molecule has 1 heterocycles. The van der Waals surface area contributed by atoms with Gasteiger partial charge < -0.3 is 9.47 Å². The number of carbonyl (C=O) groups is 2. The predicted octanol–water partition coefficient (Wildman–Crippen LogP) is 5.38. The number of nitrogens with zero attached hydrogens (tertiary/aromatic N) is 1. The van der Waals surface area contributed by atoms with Crippen molar-refractivity contribution in [1.82, 2.24) is 4.98 Å². The van der Waals surface area contributed by atoms with E-state index in [9.17, 15) is 18.4 Å². The van der Waals surface area contributed by atoms with Gasteiger partial charge in [-0.1, -0.05) is 12.1 Å². The highest BCUT2D eigenvalue weighted by Gasteiger charge is 2.16. The van der Waals surface area contributed by atoms with Gasteiger partial charge in [-0.05, 0) is 43.3 Å². The van der Waals surface area contributed by atoms with Crippen LogP contribution in [0.15, 0.2) is 58.8 Å². The average Bonchev–Trinajstić information content (AvgIpc) is 3.15. The molecular weight excluding hydrogens is 432 g/mol. The van der Waals surface area contributed by atoms with Crippen LogP contribution in [0.5, 0.6) is 5.75 Å². The standard InChI is InChI=1S/C21H17F2NO4S2/c1-13-24-15(11-29-13)12-30-19-5-3-2-4-17(19)20(26)27-10-18(25)14-6-8-16(9-7-14)28-21(22)23/h2-9,11,21H,10,12H2,1H3. The Bertz CT molecular complexity index is 1020. The van der Waals surface area contributed by atoms with Gasteiger partial charge in [0.25, 0.3) is 0 Å². The summed E-state index contributed by atoms with van der Waals surface area (Å²) in [6.07, 6.45) is 0. The molecular formula is C21H17F2NO4S2. The second-order valence-electron chi connectivity index (χ2n) is 6.04. The van der Waals surface area contributed by atoms with Crippen molar-refractivity contribution in [3.05, 3.63) is 75.7 Å². The van der Waals surface area contributed by atoms with E-state index in [1.54, 1.807) is 23.5 Å². The first-order valence-corrected chi connectivity index (χ1v) is 10.7. The number of halogens is 2. The number of Topliss-reactive ketones (excluding diaryl/α,β-unsaturated/α-hetero) is 1. The van der Waals surface area contributed by atoms with Crippen molar-refractivity contribution in [2.75, 3.05) is 6.61 Å². The van der Waals surface area contributed by atoms with Crippen LogP contribution in [0.2, 0.25) is 0 Å². The lowest BCUT2D eigenvalue weighted by Gasteiger charge is -2.09. The summed E-state index contributed by atoms with van der Waals surface area (Å²) in [5.41, 5.74) is 1.52. The van der Waals surface area contributed by atoms with Crippen LogP contribution >= 0.6 is 23.1 Å². The van der Waals surface area contributed by atoms with Gasteiger partial charge in [0.15, 0.2) is 12.4 Å². The van der Waals surface area contributed by atoms with E-state index >= 15 is 0 Å². The van der Waals surface area contributed by atoms with E-state index in [0.717, 1.165) is 15.6 Å². The minimum Gasteiger partial charge on any atom is -0.454 e. The molecule has 156 valence electrons. The van der Waals surface area contributed by atoms with Crippen LogP contribution in [-0.2, 0) is 10.5 Å². The molecule has 0 aliphatic heterocycles. The average molecular weight is 450 g/mol. The van der Waals surface area contributed by atoms with Crippen molar-refractivity contribution in [3.8, 4) is 5.75 Å². The summed E-state index contributed by atoms with van der Waals surface area (Å²) in [7, 11) is 0. The second kappa shape index (κ2) is 10.3. The Hall–Kier alpha value is -2.78. The molecule has 0 atom stereocenters. The number of hydrogen-bond acceptors (Lipinski definition) is 7. The monoisotopic (exact) mass is 449 g/mol. The molecule has 5 nitrogen and oxygen atoms in total. The fourth-order valence-corrected chi connectivity index (χ4v) is 4.15. The van der Waals surface area contributed by atoms with Gasteiger partial charge in [0, 0.05) is 21.6 Å². The first-order chi connectivity index (χ1) is 14.4. The van der Waals surface area contributed by atoms with Gasteiger partial charge in [-0.3, -0.25) is 4.79 Å². The summed E-state index contributed by atoms with van der Waals surface area (Å²) in [5, 5.41) is 2.95. The third kappa shape index (κ3) is 6.11. The highest BCUT2D eigenvalue weighted by molar-refractivity contribution is 7.98. The molecule has 0 saturated heterocycles. The topological polar surface area (TPSA) is 65.5 Å². The van der Waals surface area contributed by atoms with Crippen LogP contribution in [-0.4, -0.2) is 30.0 Å². The first kappa shape index (κ1) is 21.9. The molecule has 0 spiro atoms. The Morgan fingerprint density at radius 1 is 1.13 bits per heavy atom. The number of ether oxygens (including phenoxy) is 2. The highest BCUT2D eigenvalue weighted by atomic mass is 32.2. The van der Waals surface area contributed by atoms with Gasteiger partial charge in [-0.25, -0.2) is 9.78 Å². The van der Waals surface area contributed by atoms with Crippen LogP contribution < -0.4 is 4.74 Å². The number of ketones is 1. The Balaban J connectivity index is 1.58. The predicted molar refractivity (Wildman–Crippen MR) is 111 cm³/mol. The first-order valence-electron chi connectivity index (χ1n) is 8.80. The van der Waals surface area contributed by atoms with Crippen molar-refractivity contribution in [1.29, 1.82) is 0 Å². The van der Waals surface area contributed by atoms with Crippen molar-refractivity contribution < 1.29 is 27.8 Å². The molecule has 0 bridgehead atoms. The number of carbonyl (C=O) groups excluding carboxylic acids is 2. The fraction of sp³-hybridized carbons (Fsp3) is 0.190. The van der Waals surface area contributed by atoms with E-state index in [-0.39, 0.29) is 11.3 Å². The fourth-order valence-electron chi connectivity index (χ4n) is 2.50. The molecule has 30 heavy (non-hydrogen) atoms. The number of esters is 1. The van der Waals surface area contributed by atoms with E-state index in [1.807, 2.05) is 24.4 Å². The maximum Gasteiger partial charge on any atom is 0.387 e. The molecule has 0 saturated carbocycles. The van der Waals surface area contributed by atoms with Crippen LogP contribution in [0.1, 0.15) is 31.4 Å². The van der Waals surface area contributed by atoms with Gasteiger partial charge in [-0.15, -0.1) is 23.1 Å². The molecule has 3 aromatic rings. The molecule has 0 N–H and O–H groups in total. The zero-order valence-corrected chi connectivity index (χ0v) is 17.5. The lowest BCUT2D eigenvalue weighted by atomic mass is 10.1. The molecule has 0 aliphatic rings. The molecule has 1 aromatic heterocycles. The van der Waals surface area contributed by atoms with Crippen molar-refractivity contribution in [2.24, 2.45) is 0 Å². The summed E-state index contributed by atoms with van der Waals surface area (Å²) >= 11 is 3.03. The summed E-state index contributed by atoms with van der Waals surface area (Å²) in [5.74, 6) is -0.506. The number of rotatable bonds is 9. The zero-order valence-electron chi connectivity index (χ0n) is 15.8. The lowest BCUT2D eigenvalue weighted by Crippen LogP contribution is -2.15. The summed E-state index contributed by atoms with van der Waals surface area (Å²) in [6, 6.07) is 12.2. The Morgan fingerprint density at radius 2 is 1.87 bits per heavy atom. The minimum atomic E-state index is -2.94. The largest absolute Gasteiger partial charge is 0.454 e. The molecule has 0 aliphatic carbocycles. The number of hydrogen-bond donors (Lipinski definition) is 0. The van der Waals surface area contributed by atoms with Gasteiger partial charge in [0.1, 0.15) is 5.75 Å². The number of benzene rings is 2. The third-order valence-corrected chi connectivity index (χ3v) is 5.81. The van der Waals surface area contributed by atoms with Gasteiger partial charge in [0.05, 0.1) is 16.3 Å². The Kier molecular flexibility index (Phi) is 7.53. The number of alkyl halides is 2. The second-order valence-corrected chi connectivity index (χ2v) is 8.12. The smallest absolute Gasteiger partial charge is 0.387 e.